The number of pyridine rings is 1. The molecule has 0 saturated carbocycles. The molecule has 3 aromatic rings. The molecule has 3 rings (SSSR count). The third-order valence-corrected chi connectivity index (χ3v) is 3.08. The Morgan fingerprint density at radius 3 is 3.00 bits per heavy atom. The lowest BCUT2D eigenvalue weighted by molar-refractivity contribution is 0.302. The summed E-state index contributed by atoms with van der Waals surface area (Å²) >= 11 is 5.93. The van der Waals surface area contributed by atoms with E-state index in [2.05, 4.69) is 4.98 Å². The lowest BCUT2D eigenvalue weighted by Gasteiger charge is -2.04. The maximum atomic E-state index is 5.93. The molecule has 0 radical (unpaired) electrons. The first-order valence-electron chi connectivity index (χ1n) is 6.03. The standard InChI is InChI=1S/C15H13ClN2O/c1-11-3-2-4-14(7-11)19-10-13-9-18-6-5-12(16)8-15(18)17-13/h2-9H,10H2,1H3. The molecule has 0 saturated heterocycles. The largest absolute Gasteiger partial charge is 0.487 e. The monoisotopic (exact) mass is 272 g/mol. The summed E-state index contributed by atoms with van der Waals surface area (Å²) in [6.45, 7) is 2.49. The van der Waals surface area contributed by atoms with Crippen LogP contribution in [0.5, 0.6) is 5.75 Å². The lowest BCUT2D eigenvalue weighted by Crippen LogP contribution is -1.95. The van der Waals surface area contributed by atoms with Crippen LogP contribution >= 0.6 is 11.6 Å². The number of hydrogen-bond acceptors (Lipinski definition) is 2. The van der Waals surface area contributed by atoms with Crippen LogP contribution in [0.1, 0.15) is 11.3 Å². The molecule has 2 heterocycles. The highest BCUT2D eigenvalue weighted by molar-refractivity contribution is 6.30. The molecule has 19 heavy (non-hydrogen) atoms. The van der Waals surface area contributed by atoms with Gasteiger partial charge in [-0.25, -0.2) is 4.98 Å². The van der Waals surface area contributed by atoms with E-state index in [0.717, 1.165) is 17.1 Å². The first-order chi connectivity index (χ1) is 9.20. The van der Waals surface area contributed by atoms with Gasteiger partial charge in [0.2, 0.25) is 0 Å². The molecule has 0 aliphatic carbocycles. The van der Waals surface area contributed by atoms with Gasteiger partial charge in [0, 0.05) is 17.4 Å². The number of aryl methyl sites for hydroxylation is 1. The molecule has 3 nitrogen and oxygen atoms in total. The SMILES string of the molecule is Cc1cccc(OCc2cn3ccc(Cl)cc3n2)c1. The van der Waals surface area contributed by atoms with Gasteiger partial charge in [-0.1, -0.05) is 23.7 Å². The quantitative estimate of drug-likeness (QED) is 0.723. The van der Waals surface area contributed by atoms with Crippen molar-refractivity contribution in [1.29, 1.82) is 0 Å². The number of benzene rings is 1. The number of aromatic nitrogens is 2. The van der Waals surface area contributed by atoms with Gasteiger partial charge >= 0.3 is 0 Å². The van der Waals surface area contributed by atoms with E-state index >= 15 is 0 Å². The molecule has 0 unspecified atom stereocenters. The molecule has 0 atom stereocenters. The lowest BCUT2D eigenvalue weighted by atomic mass is 10.2. The van der Waals surface area contributed by atoms with Gasteiger partial charge in [0.1, 0.15) is 18.0 Å². The maximum Gasteiger partial charge on any atom is 0.138 e. The van der Waals surface area contributed by atoms with Gasteiger partial charge in [-0.3, -0.25) is 0 Å². The number of fused-ring (bicyclic) bond motifs is 1. The van der Waals surface area contributed by atoms with Crippen molar-refractivity contribution in [1.82, 2.24) is 9.38 Å². The molecule has 4 heteroatoms. The van der Waals surface area contributed by atoms with Crippen LogP contribution < -0.4 is 4.74 Å². The van der Waals surface area contributed by atoms with Gasteiger partial charge < -0.3 is 9.14 Å². The topological polar surface area (TPSA) is 26.5 Å². The first kappa shape index (κ1) is 12.1. The second kappa shape index (κ2) is 4.94. The van der Waals surface area contributed by atoms with Crippen LogP contribution in [0.25, 0.3) is 5.65 Å². The molecule has 2 aromatic heterocycles. The zero-order chi connectivity index (χ0) is 13.2. The number of rotatable bonds is 3. The van der Waals surface area contributed by atoms with Crippen molar-refractivity contribution in [2.24, 2.45) is 0 Å². The molecule has 0 amide bonds. The zero-order valence-corrected chi connectivity index (χ0v) is 11.3. The molecular formula is C15H13ClN2O. The third-order valence-electron chi connectivity index (χ3n) is 2.85. The number of nitrogens with zero attached hydrogens (tertiary/aromatic N) is 2. The molecule has 0 fully saturated rings. The van der Waals surface area contributed by atoms with E-state index in [-0.39, 0.29) is 0 Å². The molecule has 1 aromatic carbocycles. The van der Waals surface area contributed by atoms with Gasteiger partial charge in [0.25, 0.3) is 0 Å². The van der Waals surface area contributed by atoms with Crippen LogP contribution in [-0.4, -0.2) is 9.38 Å². The van der Waals surface area contributed by atoms with Crippen molar-refractivity contribution in [3.8, 4) is 5.75 Å². The summed E-state index contributed by atoms with van der Waals surface area (Å²) in [5.41, 5.74) is 2.89. The Morgan fingerprint density at radius 2 is 2.16 bits per heavy atom. The summed E-state index contributed by atoms with van der Waals surface area (Å²) in [4.78, 5) is 4.46. The predicted octanol–water partition coefficient (Wildman–Crippen LogP) is 3.88. The average Bonchev–Trinajstić information content (AvgIpc) is 2.78. The van der Waals surface area contributed by atoms with Crippen molar-refractivity contribution in [2.75, 3.05) is 0 Å². The van der Waals surface area contributed by atoms with Crippen molar-refractivity contribution in [3.63, 3.8) is 0 Å². The number of hydrogen-bond donors (Lipinski definition) is 0. The van der Waals surface area contributed by atoms with Crippen LogP contribution in [0, 0.1) is 6.92 Å². The highest BCUT2D eigenvalue weighted by Gasteiger charge is 2.03. The molecular weight excluding hydrogens is 260 g/mol. The van der Waals surface area contributed by atoms with Crippen LogP contribution in [0.4, 0.5) is 0 Å². The van der Waals surface area contributed by atoms with Crippen molar-refractivity contribution in [3.05, 3.63) is 65.1 Å². The molecule has 0 aliphatic heterocycles. The Kier molecular flexibility index (Phi) is 3.13. The zero-order valence-electron chi connectivity index (χ0n) is 10.5. The van der Waals surface area contributed by atoms with Crippen molar-refractivity contribution < 1.29 is 4.74 Å². The van der Waals surface area contributed by atoms with Crippen LogP contribution in [-0.2, 0) is 6.61 Å². The highest BCUT2D eigenvalue weighted by Crippen LogP contribution is 2.16. The van der Waals surface area contributed by atoms with E-state index in [1.165, 1.54) is 5.56 Å². The third kappa shape index (κ3) is 2.71. The normalized spacial score (nSPS) is 10.8. The van der Waals surface area contributed by atoms with E-state index < -0.39 is 0 Å². The summed E-state index contributed by atoms with van der Waals surface area (Å²) in [5.74, 6) is 0.857. The van der Waals surface area contributed by atoms with Crippen LogP contribution in [0.2, 0.25) is 5.02 Å². The highest BCUT2D eigenvalue weighted by atomic mass is 35.5. The first-order valence-corrected chi connectivity index (χ1v) is 6.41. The molecule has 0 spiro atoms. The summed E-state index contributed by atoms with van der Waals surface area (Å²) in [7, 11) is 0. The number of ether oxygens (including phenoxy) is 1. The fourth-order valence-corrected chi connectivity index (χ4v) is 2.10. The van der Waals surface area contributed by atoms with Crippen LogP contribution in [0.15, 0.2) is 48.8 Å². The molecule has 0 bridgehead atoms. The van der Waals surface area contributed by atoms with E-state index in [1.54, 1.807) is 0 Å². The van der Waals surface area contributed by atoms with E-state index in [0.29, 0.717) is 11.6 Å². The van der Waals surface area contributed by atoms with E-state index in [4.69, 9.17) is 16.3 Å². The second-order valence-corrected chi connectivity index (χ2v) is 4.88. The summed E-state index contributed by atoms with van der Waals surface area (Å²) < 4.78 is 7.66. The minimum absolute atomic E-state index is 0.447. The average molecular weight is 273 g/mol. The minimum Gasteiger partial charge on any atom is -0.487 e. The summed E-state index contributed by atoms with van der Waals surface area (Å²) in [6, 6.07) is 11.6. The Morgan fingerprint density at radius 1 is 1.26 bits per heavy atom. The van der Waals surface area contributed by atoms with Crippen molar-refractivity contribution in [2.45, 2.75) is 13.5 Å². The fourth-order valence-electron chi connectivity index (χ4n) is 1.94. The molecule has 0 N–H and O–H groups in total. The Balaban J connectivity index is 1.78. The van der Waals surface area contributed by atoms with Crippen LogP contribution in [0.3, 0.4) is 0 Å². The van der Waals surface area contributed by atoms with Gasteiger partial charge in [-0.2, -0.15) is 0 Å². The van der Waals surface area contributed by atoms with Crippen molar-refractivity contribution >= 4 is 17.2 Å². The smallest absolute Gasteiger partial charge is 0.138 e. The van der Waals surface area contributed by atoms with Gasteiger partial charge in [0.05, 0.1) is 5.69 Å². The second-order valence-electron chi connectivity index (χ2n) is 4.45. The molecule has 0 aliphatic rings. The molecule has 96 valence electrons. The predicted molar refractivity (Wildman–Crippen MR) is 75.7 cm³/mol. The minimum atomic E-state index is 0.447. The number of halogens is 1. The van der Waals surface area contributed by atoms with E-state index in [9.17, 15) is 0 Å². The van der Waals surface area contributed by atoms with Gasteiger partial charge in [-0.15, -0.1) is 0 Å². The van der Waals surface area contributed by atoms with Gasteiger partial charge in [0.15, 0.2) is 0 Å². The summed E-state index contributed by atoms with van der Waals surface area (Å²) in [6.07, 6.45) is 3.84. The van der Waals surface area contributed by atoms with E-state index in [1.807, 2.05) is 60.1 Å². The van der Waals surface area contributed by atoms with Gasteiger partial charge in [-0.05, 0) is 36.8 Å². The fraction of sp³-hybridized carbons (Fsp3) is 0.133. The Hall–Kier alpha value is -2.00. The number of imidazole rings is 1. The summed E-state index contributed by atoms with van der Waals surface area (Å²) in [5, 5.41) is 0.684. The Labute approximate surface area is 116 Å². The maximum absolute atomic E-state index is 5.93. The Bertz CT molecular complexity index is 721.